The van der Waals surface area contributed by atoms with Gasteiger partial charge in [-0.15, -0.1) is 0 Å². The zero-order valence-electron chi connectivity index (χ0n) is 11.1. The molecule has 0 spiro atoms. The van der Waals surface area contributed by atoms with E-state index in [1.165, 1.54) is 0 Å². The Morgan fingerprint density at radius 2 is 1.82 bits per heavy atom. The van der Waals surface area contributed by atoms with Gasteiger partial charge in [0.15, 0.2) is 6.61 Å². The summed E-state index contributed by atoms with van der Waals surface area (Å²) in [7, 11) is -3.97. The number of primary sulfonamides is 1. The lowest BCUT2D eigenvalue weighted by Gasteiger charge is -2.11. The number of nitrogens with two attached hydrogens (primary N) is 1. The van der Waals surface area contributed by atoms with Gasteiger partial charge >= 0.3 is 5.97 Å². The fourth-order valence-corrected chi connectivity index (χ4v) is 2.86. The Balaban J connectivity index is 2.05. The van der Waals surface area contributed by atoms with Crippen LogP contribution in [0.2, 0.25) is 10.0 Å². The Labute approximate surface area is 136 Å². The van der Waals surface area contributed by atoms with Crippen molar-refractivity contribution in [3.8, 4) is 0 Å². The van der Waals surface area contributed by atoms with Crippen LogP contribution >= 0.6 is 23.2 Å². The van der Waals surface area contributed by atoms with E-state index in [0.717, 1.165) is 25.0 Å². The lowest BCUT2D eigenvalue weighted by Crippen LogP contribution is -2.22. The van der Waals surface area contributed by atoms with Gasteiger partial charge in [0.25, 0.3) is 5.91 Å². The molecule has 1 fully saturated rings. The van der Waals surface area contributed by atoms with Crippen LogP contribution in [0.3, 0.4) is 0 Å². The van der Waals surface area contributed by atoms with Crippen molar-refractivity contribution in [3.05, 3.63) is 22.2 Å². The van der Waals surface area contributed by atoms with Gasteiger partial charge in [-0.2, -0.15) is 0 Å². The van der Waals surface area contributed by atoms with E-state index < -0.39 is 28.5 Å². The predicted molar refractivity (Wildman–Crippen MR) is 80.1 cm³/mol. The molecule has 120 valence electrons. The number of amides is 1. The maximum Gasteiger partial charge on any atom is 0.309 e. The number of sulfonamides is 1. The number of hydrogen-bond acceptors (Lipinski definition) is 5. The van der Waals surface area contributed by atoms with Crippen LogP contribution in [0.4, 0.5) is 5.69 Å². The van der Waals surface area contributed by atoms with Gasteiger partial charge in [0.1, 0.15) is 0 Å². The summed E-state index contributed by atoms with van der Waals surface area (Å²) >= 11 is 11.8. The molecule has 0 unspecified atom stereocenters. The van der Waals surface area contributed by atoms with Gasteiger partial charge in [-0.1, -0.05) is 23.2 Å². The molecular formula is C12H12Cl2N2O5S. The summed E-state index contributed by atoms with van der Waals surface area (Å²) in [5.74, 6) is -1.17. The fourth-order valence-electron chi connectivity index (χ4n) is 1.58. The second-order valence-corrected chi connectivity index (χ2v) is 7.11. The molecule has 0 bridgehead atoms. The highest BCUT2D eigenvalue weighted by atomic mass is 35.5. The maximum atomic E-state index is 11.7. The summed E-state index contributed by atoms with van der Waals surface area (Å²) in [6, 6.07) is 2.13. The summed E-state index contributed by atoms with van der Waals surface area (Å²) in [5.41, 5.74) is 0.0169. The first-order valence-corrected chi connectivity index (χ1v) is 8.47. The van der Waals surface area contributed by atoms with Crippen LogP contribution < -0.4 is 10.5 Å². The summed E-state index contributed by atoms with van der Waals surface area (Å²) in [6.07, 6.45) is 1.54. The number of anilines is 1. The van der Waals surface area contributed by atoms with Crippen LogP contribution in [0.5, 0.6) is 0 Å². The van der Waals surface area contributed by atoms with Crippen molar-refractivity contribution in [2.45, 2.75) is 17.7 Å². The molecular weight excluding hydrogens is 355 g/mol. The number of carbonyl (C=O) groups is 2. The first-order chi connectivity index (χ1) is 10.2. The van der Waals surface area contributed by atoms with E-state index in [9.17, 15) is 18.0 Å². The SMILES string of the molecule is NS(=O)(=O)c1cc(Cl)c(NC(=O)COC(=O)C2CC2)c(Cl)c1. The molecule has 2 rings (SSSR count). The number of carbonyl (C=O) groups excluding carboxylic acids is 2. The molecule has 7 nitrogen and oxygen atoms in total. The number of hydrogen-bond donors (Lipinski definition) is 2. The fraction of sp³-hybridized carbons (Fsp3) is 0.333. The second kappa shape index (κ2) is 6.41. The Kier molecular flexibility index (Phi) is 4.96. The van der Waals surface area contributed by atoms with Gasteiger partial charge in [-0.3, -0.25) is 9.59 Å². The minimum absolute atomic E-state index is 0.0169. The van der Waals surface area contributed by atoms with Crippen molar-refractivity contribution in [2.75, 3.05) is 11.9 Å². The van der Waals surface area contributed by atoms with Crippen LogP contribution in [0.1, 0.15) is 12.8 Å². The van der Waals surface area contributed by atoms with Gasteiger partial charge in [0, 0.05) is 0 Å². The van der Waals surface area contributed by atoms with Crippen molar-refractivity contribution >= 4 is 50.8 Å². The molecule has 0 aliphatic heterocycles. The molecule has 0 radical (unpaired) electrons. The van der Waals surface area contributed by atoms with Crippen molar-refractivity contribution < 1.29 is 22.7 Å². The predicted octanol–water partition coefficient (Wildman–Crippen LogP) is 1.53. The number of esters is 1. The van der Waals surface area contributed by atoms with Crippen LogP contribution in [-0.2, 0) is 24.3 Å². The Morgan fingerprint density at radius 1 is 1.27 bits per heavy atom. The normalized spacial score (nSPS) is 14.5. The highest BCUT2D eigenvalue weighted by Crippen LogP contribution is 2.33. The van der Waals surface area contributed by atoms with E-state index >= 15 is 0 Å². The van der Waals surface area contributed by atoms with Gasteiger partial charge in [-0.05, 0) is 25.0 Å². The van der Waals surface area contributed by atoms with Gasteiger partial charge in [0.05, 0.1) is 26.5 Å². The molecule has 0 aromatic heterocycles. The zero-order chi connectivity index (χ0) is 16.5. The summed E-state index contributed by atoms with van der Waals surface area (Å²) in [4.78, 5) is 22.7. The van der Waals surface area contributed by atoms with Crippen LogP contribution in [0, 0.1) is 5.92 Å². The monoisotopic (exact) mass is 366 g/mol. The molecule has 10 heteroatoms. The number of ether oxygens (including phenoxy) is 1. The van der Waals surface area contributed by atoms with E-state index in [1.807, 2.05) is 0 Å². The van der Waals surface area contributed by atoms with E-state index in [2.05, 4.69) is 5.32 Å². The van der Waals surface area contributed by atoms with Gasteiger partial charge in [0.2, 0.25) is 10.0 Å². The largest absolute Gasteiger partial charge is 0.455 e. The number of benzene rings is 1. The van der Waals surface area contributed by atoms with E-state index in [4.69, 9.17) is 33.1 Å². The average molecular weight is 367 g/mol. The van der Waals surface area contributed by atoms with Crippen LogP contribution in [-0.4, -0.2) is 26.9 Å². The first kappa shape index (κ1) is 17.0. The Bertz CT molecular complexity index is 708. The molecule has 1 saturated carbocycles. The second-order valence-electron chi connectivity index (χ2n) is 4.74. The van der Waals surface area contributed by atoms with Crippen LogP contribution in [0.25, 0.3) is 0 Å². The lowest BCUT2D eigenvalue weighted by atomic mass is 10.3. The molecule has 0 heterocycles. The number of rotatable bonds is 5. The van der Waals surface area contributed by atoms with Crippen molar-refractivity contribution in [1.29, 1.82) is 0 Å². The van der Waals surface area contributed by atoms with Gasteiger partial charge < -0.3 is 10.1 Å². The smallest absolute Gasteiger partial charge is 0.309 e. The Morgan fingerprint density at radius 3 is 2.27 bits per heavy atom. The third-order valence-electron chi connectivity index (χ3n) is 2.86. The molecule has 0 saturated heterocycles. The molecule has 1 aromatic carbocycles. The summed E-state index contributed by atoms with van der Waals surface area (Å²) in [6.45, 7) is -0.473. The average Bonchev–Trinajstić information content (AvgIpc) is 3.23. The highest BCUT2D eigenvalue weighted by Gasteiger charge is 2.31. The third kappa shape index (κ3) is 4.33. The highest BCUT2D eigenvalue weighted by molar-refractivity contribution is 7.89. The summed E-state index contributed by atoms with van der Waals surface area (Å²) < 4.78 is 27.3. The van der Waals surface area contributed by atoms with E-state index in [0.29, 0.717) is 0 Å². The number of nitrogens with one attached hydrogen (secondary N) is 1. The van der Waals surface area contributed by atoms with E-state index in [1.54, 1.807) is 0 Å². The molecule has 1 aliphatic carbocycles. The molecule has 1 aromatic rings. The molecule has 3 N–H and O–H groups in total. The molecule has 22 heavy (non-hydrogen) atoms. The lowest BCUT2D eigenvalue weighted by molar-refractivity contribution is -0.148. The standard InChI is InChI=1S/C12H12Cl2N2O5S/c13-8-3-7(22(15,19)20)4-9(14)11(8)16-10(17)5-21-12(18)6-1-2-6/h3-4,6H,1-2,5H2,(H,16,17)(H2,15,19,20). The Hall–Kier alpha value is -1.35. The third-order valence-corrected chi connectivity index (χ3v) is 4.35. The van der Waals surface area contributed by atoms with Crippen molar-refractivity contribution in [3.63, 3.8) is 0 Å². The number of halogens is 2. The van der Waals surface area contributed by atoms with Crippen molar-refractivity contribution in [2.24, 2.45) is 11.1 Å². The summed E-state index contributed by atoms with van der Waals surface area (Å²) in [5, 5.41) is 7.13. The maximum absolute atomic E-state index is 11.7. The topological polar surface area (TPSA) is 116 Å². The van der Waals surface area contributed by atoms with Gasteiger partial charge in [-0.25, -0.2) is 13.6 Å². The van der Waals surface area contributed by atoms with Crippen molar-refractivity contribution in [1.82, 2.24) is 0 Å². The minimum atomic E-state index is -3.97. The van der Waals surface area contributed by atoms with E-state index in [-0.39, 0.29) is 26.5 Å². The minimum Gasteiger partial charge on any atom is -0.455 e. The quantitative estimate of drug-likeness (QED) is 0.766. The first-order valence-electron chi connectivity index (χ1n) is 6.17. The molecule has 1 aliphatic rings. The molecule has 1 amide bonds. The molecule has 0 atom stereocenters. The van der Waals surface area contributed by atoms with Crippen LogP contribution in [0.15, 0.2) is 17.0 Å². The zero-order valence-corrected chi connectivity index (χ0v) is 13.5.